The number of halogens is 5. The Hall–Kier alpha value is -0.900. The molecule has 1 fully saturated rings. The van der Waals surface area contributed by atoms with Crippen LogP contribution in [-0.4, -0.2) is 18.4 Å². The van der Waals surface area contributed by atoms with Gasteiger partial charge < -0.3 is 5.32 Å². The summed E-state index contributed by atoms with van der Waals surface area (Å²) in [5.74, 6) is -1.31. The van der Waals surface area contributed by atoms with Gasteiger partial charge in [-0.3, -0.25) is 9.53 Å². The summed E-state index contributed by atoms with van der Waals surface area (Å²) in [7, 11) is 0. The molecule has 0 bridgehead atoms. The van der Waals surface area contributed by atoms with Crippen molar-refractivity contribution in [1.29, 1.82) is 0 Å². The zero-order chi connectivity index (χ0) is 14.9. The van der Waals surface area contributed by atoms with Crippen molar-refractivity contribution in [3.8, 4) is 0 Å². The molecule has 1 aromatic rings. The third-order valence-corrected chi connectivity index (χ3v) is 3.85. The van der Waals surface area contributed by atoms with Gasteiger partial charge >= 0.3 is 6.36 Å². The summed E-state index contributed by atoms with van der Waals surface area (Å²) in [4.78, 5) is 11.8. The monoisotopic (exact) mass is 403 g/mol. The number of amides is 1. The highest BCUT2D eigenvalue weighted by atomic mass is 127. The Labute approximate surface area is 125 Å². The number of benzene rings is 1. The van der Waals surface area contributed by atoms with Gasteiger partial charge in [0.05, 0.1) is 11.8 Å². The first-order chi connectivity index (χ1) is 9.24. The molecule has 0 atom stereocenters. The Morgan fingerprint density at radius 1 is 1.35 bits per heavy atom. The number of rotatable bonds is 3. The van der Waals surface area contributed by atoms with Gasteiger partial charge in [0.2, 0.25) is 5.91 Å². The second kappa shape index (κ2) is 5.84. The van der Waals surface area contributed by atoms with Crippen LogP contribution in [0.2, 0.25) is 0 Å². The van der Waals surface area contributed by atoms with Crippen LogP contribution in [0.1, 0.15) is 12.8 Å². The van der Waals surface area contributed by atoms with Crippen molar-refractivity contribution in [2.75, 3.05) is 5.32 Å². The van der Waals surface area contributed by atoms with Gasteiger partial charge in [-0.1, -0.05) is 0 Å². The highest BCUT2D eigenvalue weighted by Crippen LogP contribution is 2.35. The van der Waals surface area contributed by atoms with Gasteiger partial charge in [0, 0.05) is 9.49 Å². The van der Waals surface area contributed by atoms with E-state index in [2.05, 4.69) is 10.1 Å². The summed E-state index contributed by atoms with van der Waals surface area (Å²) in [6.07, 6.45) is -5.57. The van der Waals surface area contributed by atoms with Gasteiger partial charge in [-0.05, 0) is 53.6 Å². The van der Waals surface area contributed by atoms with E-state index in [1.54, 1.807) is 0 Å². The molecule has 0 aromatic heterocycles. The predicted molar refractivity (Wildman–Crippen MR) is 71.4 cm³/mol. The number of anilines is 1. The Kier molecular flexibility index (Phi) is 4.52. The van der Waals surface area contributed by atoms with E-state index in [0.29, 0.717) is 9.26 Å². The summed E-state index contributed by atoms with van der Waals surface area (Å²) in [5, 5.41) is 2.57. The summed E-state index contributed by atoms with van der Waals surface area (Å²) in [6.45, 7) is 0. The van der Waals surface area contributed by atoms with Crippen LogP contribution in [0.25, 0.3) is 0 Å². The Morgan fingerprint density at radius 2 is 2.00 bits per heavy atom. The number of hydrogen-bond donors (Lipinski definition) is 1. The predicted octanol–water partition coefficient (Wildman–Crippen LogP) is 3.68. The number of ether oxygens (including phenoxy) is 1. The van der Waals surface area contributed by atoms with Gasteiger partial charge in [0.15, 0.2) is 0 Å². The fourth-order valence-electron chi connectivity index (χ4n) is 1.89. The minimum Gasteiger partial charge on any atom is -0.325 e. The van der Waals surface area contributed by atoms with Gasteiger partial charge in [-0.25, -0.2) is 4.39 Å². The molecule has 0 saturated heterocycles. The lowest BCUT2D eigenvalue weighted by atomic mass is 9.81. The van der Waals surface area contributed by atoms with Crippen molar-refractivity contribution in [3.05, 3.63) is 27.6 Å². The molecule has 1 saturated carbocycles. The molecule has 1 aromatic carbocycles. The number of carbonyl (C=O) groups excluding carboxylic acids is 1. The molecule has 0 aliphatic heterocycles. The molecule has 110 valence electrons. The van der Waals surface area contributed by atoms with Crippen LogP contribution in [-0.2, 0) is 9.53 Å². The Bertz CT molecular complexity index is 515. The van der Waals surface area contributed by atoms with Crippen LogP contribution in [0.5, 0.6) is 0 Å². The van der Waals surface area contributed by atoms with Gasteiger partial charge in [-0.15, -0.1) is 13.2 Å². The fraction of sp³-hybridized carbons (Fsp3) is 0.417. The number of nitrogens with one attached hydrogen (secondary N) is 1. The van der Waals surface area contributed by atoms with Crippen LogP contribution < -0.4 is 5.32 Å². The van der Waals surface area contributed by atoms with Crippen molar-refractivity contribution >= 4 is 34.2 Å². The molecule has 1 amide bonds. The van der Waals surface area contributed by atoms with Crippen molar-refractivity contribution in [3.63, 3.8) is 0 Å². The first-order valence-corrected chi connectivity index (χ1v) is 6.83. The lowest BCUT2D eigenvalue weighted by molar-refractivity contribution is -0.353. The SMILES string of the molecule is O=C(Nc1ccc(F)cc1I)C1CC(OC(F)(F)F)C1. The van der Waals surface area contributed by atoms with Crippen molar-refractivity contribution in [2.24, 2.45) is 5.92 Å². The zero-order valence-corrected chi connectivity index (χ0v) is 12.2. The standard InChI is InChI=1S/C12H10F4INO2/c13-7-1-2-10(9(17)5-7)18-11(19)6-3-8(4-6)20-12(14,15)16/h1-2,5-6,8H,3-4H2,(H,18,19). The minimum atomic E-state index is -4.67. The number of carbonyl (C=O) groups is 1. The third-order valence-electron chi connectivity index (χ3n) is 2.95. The fourth-order valence-corrected chi connectivity index (χ4v) is 2.50. The second-order valence-corrected chi connectivity index (χ2v) is 5.63. The second-order valence-electron chi connectivity index (χ2n) is 4.47. The van der Waals surface area contributed by atoms with Crippen molar-refractivity contribution in [2.45, 2.75) is 25.3 Å². The molecule has 0 spiro atoms. The maximum Gasteiger partial charge on any atom is 0.522 e. The molecule has 2 rings (SSSR count). The number of hydrogen-bond acceptors (Lipinski definition) is 2. The number of alkyl halides is 3. The topological polar surface area (TPSA) is 38.3 Å². The van der Waals surface area contributed by atoms with E-state index in [1.807, 2.05) is 22.6 Å². The van der Waals surface area contributed by atoms with E-state index in [9.17, 15) is 22.4 Å². The maximum atomic E-state index is 12.9. The molecule has 8 heteroatoms. The lowest BCUT2D eigenvalue weighted by Crippen LogP contribution is -2.41. The van der Waals surface area contributed by atoms with E-state index < -0.39 is 24.2 Å². The van der Waals surface area contributed by atoms with Crippen LogP contribution in [0.3, 0.4) is 0 Å². The average molecular weight is 403 g/mol. The first-order valence-electron chi connectivity index (χ1n) is 5.75. The molecule has 0 radical (unpaired) electrons. The first kappa shape index (κ1) is 15.5. The molecule has 0 unspecified atom stereocenters. The van der Waals surface area contributed by atoms with E-state index >= 15 is 0 Å². The summed E-state index contributed by atoms with van der Waals surface area (Å²) >= 11 is 1.87. The van der Waals surface area contributed by atoms with Crippen molar-refractivity contribution in [1.82, 2.24) is 0 Å². The molecule has 1 aliphatic carbocycles. The molecular formula is C12H10F4INO2. The van der Waals surface area contributed by atoms with Gasteiger partial charge in [-0.2, -0.15) is 0 Å². The van der Waals surface area contributed by atoms with Crippen LogP contribution in [0, 0.1) is 15.3 Å². The smallest absolute Gasteiger partial charge is 0.325 e. The highest BCUT2D eigenvalue weighted by molar-refractivity contribution is 14.1. The van der Waals surface area contributed by atoms with Gasteiger partial charge in [0.1, 0.15) is 5.82 Å². The van der Waals surface area contributed by atoms with Crippen molar-refractivity contribution < 1.29 is 27.1 Å². The average Bonchev–Trinajstić information content (AvgIpc) is 2.25. The van der Waals surface area contributed by atoms with Crippen LogP contribution in [0.15, 0.2) is 18.2 Å². The van der Waals surface area contributed by atoms with E-state index in [1.165, 1.54) is 18.2 Å². The summed E-state index contributed by atoms with van der Waals surface area (Å²) in [6, 6.07) is 3.87. The summed E-state index contributed by atoms with van der Waals surface area (Å²) < 4.78 is 53.0. The molecule has 0 heterocycles. The molecule has 3 nitrogen and oxygen atoms in total. The van der Waals surface area contributed by atoms with E-state index in [-0.39, 0.29) is 18.7 Å². The quantitative estimate of drug-likeness (QED) is 0.618. The molecule has 1 aliphatic rings. The molecule has 20 heavy (non-hydrogen) atoms. The van der Waals surface area contributed by atoms with Crippen LogP contribution >= 0.6 is 22.6 Å². The third kappa shape index (κ3) is 4.05. The maximum absolute atomic E-state index is 12.9. The largest absolute Gasteiger partial charge is 0.522 e. The summed E-state index contributed by atoms with van der Waals surface area (Å²) in [5.41, 5.74) is 0.442. The zero-order valence-electron chi connectivity index (χ0n) is 10.0. The molecule has 1 N–H and O–H groups in total. The Morgan fingerprint density at radius 3 is 2.55 bits per heavy atom. The molecular weight excluding hydrogens is 393 g/mol. The normalized spacial score (nSPS) is 22.2. The minimum absolute atomic E-state index is 0.0309. The van der Waals surface area contributed by atoms with Gasteiger partial charge in [0.25, 0.3) is 0 Å². The van der Waals surface area contributed by atoms with E-state index in [0.717, 1.165) is 0 Å². The highest BCUT2D eigenvalue weighted by Gasteiger charge is 2.42. The Balaban J connectivity index is 1.85. The van der Waals surface area contributed by atoms with E-state index in [4.69, 9.17) is 0 Å². The lowest BCUT2D eigenvalue weighted by Gasteiger charge is -2.34. The van der Waals surface area contributed by atoms with Crippen LogP contribution in [0.4, 0.5) is 23.2 Å².